The molecule has 0 unspecified atom stereocenters. The first-order valence-corrected chi connectivity index (χ1v) is 13.0. The number of aromatic nitrogens is 1. The van der Waals surface area contributed by atoms with Crippen molar-refractivity contribution in [2.45, 2.75) is 32.0 Å². The molecular weight excluding hydrogens is 476 g/mol. The third-order valence-electron chi connectivity index (χ3n) is 7.40. The van der Waals surface area contributed by atoms with Crippen LogP contribution in [0.2, 0.25) is 0 Å². The summed E-state index contributed by atoms with van der Waals surface area (Å²) >= 11 is 0. The van der Waals surface area contributed by atoms with Gasteiger partial charge in [0.2, 0.25) is 11.8 Å². The number of anilines is 1. The lowest BCUT2D eigenvalue weighted by Gasteiger charge is -2.23. The van der Waals surface area contributed by atoms with Crippen molar-refractivity contribution in [1.29, 1.82) is 0 Å². The highest BCUT2D eigenvalue weighted by Gasteiger charge is 2.28. The van der Waals surface area contributed by atoms with Gasteiger partial charge in [-0.2, -0.15) is 0 Å². The molecule has 1 aliphatic rings. The Morgan fingerprint density at radius 2 is 1.79 bits per heavy atom. The van der Waals surface area contributed by atoms with Crippen LogP contribution >= 0.6 is 0 Å². The Kier molecular flexibility index (Phi) is 7.47. The number of carbonyl (C=O) groups is 2. The standard InChI is InChI=1S/C31H34N4O3/c1-33(20-26-18-24-10-6-7-11-29(24)34(26)2)30(37)17-23-12-13-27-25(16-23)19-35(31(38)28(21-36)32-27)15-14-22-8-4-3-5-9-22/h3-13,16,18,28,32,36H,14-15,17,19-21H2,1-2H3/t28-/m1/s1. The van der Waals surface area contributed by atoms with E-state index in [1.165, 1.54) is 0 Å². The molecular formula is C31H34N4O3. The number of nitrogens with one attached hydrogen (secondary N) is 1. The number of hydrogen-bond acceptors (Lipinski definition) is 4. The second-order valence-electron chi connectivity index (χ2n) is 10.0. The summed E-state index contributed by atoms with van der Waals surface area (Å²) in [6, 6.07) is 25.6. The highest BCUT2D eigenvalue weighted by molar-refractivity contribution is 5.87. The average molecular weight is 511 g/mol. The summed E-state index contributed by atoms with van der Waals surface area (Å²) in [6.45, 7) is 1.23. The summed E-state index contributed by atoms with van der Waals surface area (Å²) in [6.07, 6.45) is 1.01. The van der Waals surface area contributed by atoms with E-state index in [1.54, 1.807) is 9.80 Å². The Hall–Kier alpha value is -4.10. The maximum atomic E-state index is 13.2. The Balaban J connectivity index is 1.29. The summed E-state index contributed by atoms with van der Waals surface area (Å²) in [5, 5.41) is 14.2. The van der Waals surface area contributed by atoms with Gasteiger partial charge in [0.1, 0.15) is 6.04 Å². The fraction of sp³-hybridized carbons (Fsp3) is 0.290. The van der Waals surface area contributed by atoms with E-state index in [1.807, 2.05) is 62.6 Å². The van der Waals surface area contributed by atoms with Gasteiger partial charge in [-0.25, -0.2) is 0 Å². The lowest BCUT2D eigenvalue weighted by Crippen LogP contribution is -2.43. The van der Waals surface area contributed by atoms with Crippen molar-refractivity contribution < 1.29 is 14.7 Å². The minimum Gasteiger partial charge on any atom is -0.394 e. The highest BCUT2D eigenvalue weighted by Crippen LogP contribution is 2.26. The SMILES string of the molecule is CN(Cc1cc2ccccc2n1C)C(=O)Cc1ccc2c(c1)CN(CCc1ccccc1)C(=O)[C@@H](CO)N2. The van der Waals surface area contributed by atoms with E-state index in [4.69, 9.17) is 0 Å². The van der Waals surface area contributed by atoms with Crippen molar-refractivity contribution in [3.63, 3.8) is 0 Å². The summed E-state index contributed by atoms with van der Waals surface area (Å²) in [7, 11) is 3.86. The third kappa shape index (κ3) is 5.43. The van der Waals surface area contributed by atoms with Crippen LogP contribution in [0.4, 0.5) is 5.69 Å². The first-order chi connectivity index (χ1) is 18.4. The molecule has 0 saturated heterocycles. The fourth-order valence-corrected chi connectivity index (χ4v) is 5.14. The van der Waals surface area contributed by atoms with Crippen molar-refractivity contribution in [1.82, 2.24) is 14.4 Å². The molecule has 7 heteroatoms. The van der Waals surface area contributed by atoms with Gasteiger partial charge in [0.25, 0.3) is 0 Å². The number of fused-ring (bicyclic) bond motifs is 2. The van der Waals surface area contributed by atoms with E-state index in [9.17, 15) is 14.7 Å². The molecule has 1 aliphatic heterocycles. The number of benzene rings is 3. The van der Waals surface area contributed by atoms with Crippen LogP contribution in [-0.2, 0) is 42.6 Å². The molecule has 1 atom stereocenters. The number of hydrogen-bond donors (Lipinski definition) is 2. The molecule has 0 radical (unpaired) electrons. The van der Waals surface area contributed by atoms with Crippen molar-refractivity contribution in [3.8, 4) is 0 Å². The quantitative estimate of drug-likeness (QED) is 0.379. The molecule has 38 heavy (non-hydrogen) atoms. The number of aliphatic hydroxyl groups excluding tert-OH is 1. The van der Waals surface area contributed by atoms with Crippen LogP contribution in [0.5, 0.6) is 0 Å². The van der Waals surface area contributed by atoms with Gasteiger partial charge in [-0.1, -0.05) is 60.7 Å². The number of carbonyl (C=O) groups excluding carboxylic acids is 2. The maximum Gasteiger partial charge on any atom is 0.247 e. The van der Waals surface area contributed by atoms with Crippen LogP contribution in [0.1, 0.15) is 22.4 Å². The summed E-state index contributed by atoms with van der Waals surface area (Å²) < 4.78 is 2.13. The average Bonchev–Trinajstić information content (AvgIpc) is 3.17. The van der Waals surface area contributed by atoms with E-state index in [0.717, 1.165) is 45.4 Å². The molecule has 7 nitrogen and oxygen atoms in total. The van der Waals surface area contributed by atoms with Crippen LogP contribution in [0, 0.1) is 0 Å². The van der Waals surface area contributed by atoms with Crippen LogP contribution < -0.4 is 5.32 Å². The summed E-state index contributed by atoms with van der Waals surface area (Å²) in [4.78, 5) is 29.8. The van der Waals surface area contributed by atoms with Gasteiger partial charge in [-0.15, -0.1) is 0 Å². The van der Waals surface area contributed by atoms with Gasteiger partial charge in [-0.05, 0) is 46.7 Å². The fourth-order valence-electron chi connectivity index (χ4n) is 5.14. The molecule has 196 valence electrons. The predicted octanol–water partition coefficient (Wildman–Crippen LogP) is 3.74. The van der Waals surface area contributed by atoms with Gasteiger partial charge >= 0.3 is 0 Å². The second-order valence-corrected chi connectivity index (χ2v) is 10.0. The Labute approximate surface area is 223 Å². The van der Waals surface area contributed by atoms with Crippen LogP contribution in [0.15, 0.2) is 78.9 Å². The van der Waals surface area contributed by atoms with Gasteiger partial charge in [-0.3, -0.25) is 9.59 Å². The Morgan fingerprint density at radius 1 is 1.03 bits per heavy atom. The van der Waals surface area contributed by atoms with E-state index in [0.29, 0.717) is 19.6 Å². The zero-order valence-corrected chi connectivity index (χ0v) is 21.9. The highest BCUT2D eigenvalue weighted by atomic mass is 16.3. The van der Waals surface area contributed by atoms with Gasteiger partial charge in [0.15, 0.2) is 0 Å². The van der Waals surface area contributed by atoms with Crippen molar-refractivity contribution in [2.75, 3.05) is 25.5 Å². The van der Waals surface area contributed by atoms with Crippen LogP contribution in [0.25, 0.3) is 10.9 Å². The number of rotatable bonds is 8. The van der Waals surface area contributed by atoms with E-state index in [2.05, 4.69) is 40.2 Å². The molecule has 0 saturated carbocycles. The summed E-state index contributed by atoms with van der Waals surface area (Å²) in [5.74, 6) is -0.0889. The molecule has 0 spiro atoms. The number of aliphatic hydroxyl groups is 1. The third-order valence-corrected chi connectivity index (χ3v) is 7.40. The molecule has 2 heterocycles. The first kappa shape index (κ1) is 25.5. The molecule has 0 bridgehead atoms. The second kappa shape index (κ2) is 11.1. The molecule has 1 aromatic heterocycles. The smallest absolute Gasteiger partial charge is 0.247 e. The topological polar surface area (TPSA) is 77.8 Å². The van der Waals surface area contributed by atoms with E-state index >= 15 is 0 Å². The largest absolute Gasteiger partial charge is 0.394 e. The van der Waals surface area contributed by atoms with Gasteiger partial charge < -0.3 is 24.8 Å². The monoisotopic (exact) mass is 510 g/mol. The normalized spacial score (nSPS) is 15.2. The zero-order chi connectivity index (χ0) is 26.6. The van der Waals surface area contributed by atoms with E-state index in [-0.39, 0.29) is 24.8 Å². The lowest BCUT2D eigenvalue weighted by molar-refractivity contribution is -0.133. The Morgan fingerprint density at radius 3 is 2.55 bits per heavy atom. The summed E-state index contributed by atoms with van der Waals surface area (Å²) in [5.41, 5.74) is 6.05. The van der Waals surface area contributed by atoms with Crippen molar-refractivity contribution >= 4 is 28.4 Å². The molecule has 4 aromatic rings. The van der Waals surface area contributed by atoms with Gasteiger partial charge in [0.05, 0.1) is 19.6 Å². The number of likely N-dealkylation sites (N-methyl/N-ethyl adjacent to an activating group) is 1. The van der Waals surface area contributed by atoms with Gasteiger partial charge in [0, 0.05) is 44.1 Å². The predicted molar refractivity (Wildman–Crippen MR) is 150 cm³/mol. The van der Waals surface area contributed by atoms with Crippen molar-refractivity contribution in [2.24, 2.45) is 7.05 Å². The molecule has 5 rings (SSSR count). The zero-order valence-electron chi connectivity index (χ0n) is 21.9. The lowest BCUT2D eigenvalue weighted by atomic mass is 10.0. The van der Waals surface area contributed by atoms with Crippen LogP contribution in [0.3, 0.4) is 0 Å². The van der Waals surface area contributed by atoms with Crippen LogP contribution in [-0.4, -0.2) is 57.5 Å². The molecule has 2 amide bonds. The molecule has 3 aromatic carbocycles. The maximum absolute atomic E-state index is 13.2. The first-order valence-electron chi connectivity index (χ1n) is 13.0. The molecule has 0 aliphatic carbocycles. The number of aryl methyl sites for hydroxylation is 1. The molecule has 2 N–H and O–H groups in total. The molecule has 0 fully saturated rings. The number of para-hydroxylation sites is 1. The van der Waals surface area contributed by atoms with E-state index < -0.39 is 6.04 Å². The Bertz CT molecular complexity index is 1450. The van der Waals surface area contributed by atoms with Crippen molar-refractivity contribution in [3.05, 3.63) is 101 Å². The number of amides is 2. The minimum atomic E-state index is -0.688. The number of nitrogens with zero attached hydrogens (tertiary/aromatic N) is 3. The minimum absolute atomic E-state index is 0.0297.